The van der Waals surface area contributed by atoms with E-state index in [9.17, 15) is 9.59 Å². The third-order valence-electron chi connectivity index (χ3n) is 3.53. The van der Waals surface area contributed by atoms with Crippen LogP contribution in [-0.4, -0.2) is 19.0 Å². The molecule has 0 aliphatic carbocycles. The SMILES string of the molecule is COC(=O)c1c(-c2ccc(Br)cc2)csc1NC(=O)c1ccc(C)o1. The van der Waals surface area contributed by atoms with Crippen molar-refractivity contribution >= 4 is 44.1 Å². The van der Waals surface area contributed by atoms with Crippen molar-refractivity contribution in [3.63, 3.8) is 0 Å². The van der Waals surface area contributed by atoms with Gasteiger partial charge < -0.3 is 14.5 Å². The van der Waals surface area contributed by atoms with Crippen molar-refractivity contribution in [3.8, 4) is 11.1 Å². The highest BCUT2D eigenvalue weighted by Crippen LogP contribution is 2.36. The van der Waals surface area contributed by atoms with Gasteiger partial charge in [-0.25, -0.2) is 4.79 Å². The molecule has 3 rings (SSSR count). The Labute approximate surface area is 156 Å². The van der Waals surface area contributed by atoms with E-state index in [4.69, 9.17) is 9.15 Å². The minimum absolute atomic E-state index is 0.187. The maximum atomic E-state index is 12.3. The van der Waals surface area contributed by atoms with Gasteiger partial charge in [0.2, 0.25) is 0 Å². The maximum absolute atomic E-state index is 12.3. The van der Waals surface area contributed by atoms with E-state index in [0.717, 1.165) is 10.0 Å². The number of thiophene rings is 1. The summed E-state index contributed by atoms with van der Waals surface area (Å²) in [5.74, 6) is -0.0977. The summed E-state index contributed by atoms with van der Waals surface area (Å²) in [6.45, 7) is 1.76. The highest BCUT2D eigenvalue weighted by Gasteiger charge is 2.23. The number of benzene rings is 1. The Morgan fingerprint density at radius 2 is 1.88 bits per heavy atom. The lowest BCUT2D eigenvalue weighted by Gasteiger charge is -2.07. The number of carbonyl (C=O) groups is 2. The fraction of sp³-hybridized carbons (Fsp3) is 0.111. The minimum atomic E-state index is -0.509. The standard InChI is InChI=1S/C18H14BrNO4S/c1-10-3-8-14(24-10)16(21)20-17-15(18(22)23-2)13(9-25-17)11-4-6-12(19)7-5-11/h3-9H,1-2H3,(H,20,21). The zero-order valence-corrected chi connectivity index (χ0v) is 15.9. The molecule has 1 amide bonds. The van der Waals surface area contributed by atoms with Gasteiger partial charge >= 0.3 is 5.97 Å². The summed E-state index contributed by atoms with van der Waals surface area (Å²) in [5, 5.41) is 4.97. The zero-order valence-electron chi connectivity index (χ0n) is 13.5. The van der Waals surface area contributed by atoms with E-state index in [1.807, 2.05) is 29.6 Å². The molecule has 0 spiro atoms. The second kappa shape index (κ2) is 7.25. The van der Waals surface area contributed by atoms with Crippen LogP contribution in [0.3, 0.4) is 0 Å². The molecule has 1 N–H and O–H groups in total. The number of anilines is 1. The minimum Gasteiger partial charge on any atom is -0.465 e. The van der Waals surface area contributed by atoms with Gasteiger partial charge in [-0.05, 0) is 36.8 Å². The van der Waals surface area contributed by atoms with Crippen molar-refractivity contribution in [1.82, 2.24) is 0 Å². The number of halogens is 1. The third kappa shape index (κ3) is 3.67. The van der Waals surface area contributed by atoms with Crippen LogP contribution >= 0.6 is 27.3 Å². The topological polar surface area (TPSA) is 68.5 Å². The quantitative estimate of drug-likeness (QED) is 0.595. The molecule has 2 heterocycles. The molecule has 0 aliphatic rings. The summed E-state index contributed by atoms with van der Waals surface area (Å²) in [6.07, 6.45) is 0. The molecule has 0 radical (unpaired) electrons. The number of hydrogen-bond donors (Lipinski definition) is 1. The van der Waals surface area contributed by atoms with E-state index >= 15 is 0 Å². The summed E-state index contributed by atoms with van der Waals surface area (Å²) >= 11 is 4.65. The fourth-order valence-electron chi connectivity index (χ4n) is 2.32. The molecule has 0 saturated heterocycles. The first-order valence-electron chi connectivity index (χ1n) is 7.33. The zero-order chi connectivity index (χ0) is 18.0. The van der Waals surface area contributed by atoms with Crippen LogP contribution in [-0.2, 0) is 4.74 Å². The predicted molar refractivity (Wildman–Crippen MR) is 100 cm³/mol. The van der Waals surface area contributed by atoms with Crippen molar-refractivity contribution in [2.75, 3.05) is 12.4 Å². The molecular weight excluding hydrogens is 406 g/mol. The Morgan fingerprint density at radius 3 is 2.48 bits per heavy atom. The van der Waals surface area contributed by atoms with Crippen LogP contribution in [0.4, 0.5) is 5.00 Å². The Morgan fingerprint density at radius 1 is 1.16 bits per heavy atom. The number of amides is 1. The molecule has 1 aromatic carbocycles. The van der Waals surface area contributed by atoms with Gasteiger partial charge in [0.1, 0.15) is 16.3 Å². The number of methoxy groups -OCH3 is 1. The summed E-state index contributed by atoms with van der Waals surface area (Å²) in [6, 6.07) is 10.8. The number of nitrogens with one attached hydrogen (secondary N) is 1. The van der Waals surface area contributed by atoms with E-state index in [1.54, 1.807) is 19.1 Å². The average molecular weight is 420 g/mol. The first-order chi connectivity index (χ1) is 12.0. The second-order valence-electron chi connectivity index (χ2n) is 5.22. The summed E-state index contributed by atoms with van der Waals surface area (Å²) in [5.41, 5.74) is 1.89. The molecule has 0 unspecified atom stereocenters. The fourth-order valence-corrected chi connectivity index (χ4v) is 3.53. The molecule has 5 nitrogen and oxygen atoms in total. The number of rotatable bonds is 4. The number of furan rings is 1. The van der Waals surface area contributed by atoms with Crippen LogP contribution in [0.1, 0.15) is 26.7 Å². The number of ether oxygens (including phenoxy) is 1. The number of hydrogen-bond acceptors (Lipinski definition) is 5. The molecule has 0 saturated carbocycles. The molecule has 0 atom stereocenters. The van der Waals surface area contributed by atoms with Gasteiger partial charge in [0.25, 0.3) is 5.91 Å². The maximum Gasteiger partial charge on any atom is 0.341 e. The molecule has 0 bridgehead atoms. The first kappa shape index (κ1) is 17.4. The first-order valence-corrected chi connectivity index (χ1v) is 9.00. The number of aryl methyl sites for hydroxylation is 1. The summed E-state index contributed by atoms with van der Waals surface area (Å²) in [4.78, 5) is 24.6. The normalized spacial score (nSPS) is 10.5. The third-order valence-corrected chi connectivity index (χ3v) is 4.95. The monoisotopic (exact) mass is 419 g/mol. The van der Waals surface area contributed by atoms with Crippen molar-refractivity contribution < 1.29 is 18.7 Å². The van der Waals surface area contributed by atoms with Gasteiger partial charge in [-0.1, -0.05) is 28.1 Å². The van der Waals surface area contributed by atoms with Crippen LogP contribution in [0.15, 0.2) is 50.7 Å². The largest absolute Gasteiger partial charge is 0.465 e. The highest BCUT2D eigenvalue weighted by atomic mass is 79.9. The lowest BCUT2D eigenvalue weighted by Crippen LogP contribution is -2.13. The Bertz CT molecular complexity index is 927. The molecule has 0 fully saturated rings. The predicted octanol–water partition coefficient (Wildman–Crippen LogP) is 5.12. The lowest BCUT2D eigenvalue weighted by atomic mass is 10.0. The Hall–Kier alpha value is -2.38. The van der Waals surface area contributed by atoms with E-state index in [0.29, 0.717) is 21.9 Å². The lowest BCUT2D eigenvalue weighted by molar-refractivity contribution is 0.0603. The van der Waals surface area contributed by atoms with Gasteiger partial charge in [-0.15, -0.1) is 11.3 Å². The average Bonchev–Trinajstić information content (AvgIpc) is 3.21. The second-order valence-corrected chi connectivity index (χ2v) is 7.01. The van der Waals surface area contributed by atoms with Crippen LogP contribution < -0.4 is 5.32 Å². The summed E-state index contributed by atoms with van der Waals surface area (Å²) in [7, 11) is 1.31. The van der Waals surface area contributed by atoms with Gasteiger partial charge in [0.05, 0.1) is 7.11 Å². The van der Waals surface area contributed by atoms with Gasteiger partial charge in [0.15, 0.2) is 5.76 Å². The van der Waals surface area contributed by atoms with Crippen molar-refractivity contribution in [1.29, 1.82) is 0 Å². The number of carbonyl (C=O) groups excluding carboxylic acids is 2. The van der Waals surface area contributed by atoms with Crippen LogP contribution in [0.2, 0.25) is 0 Å². The van der Waals surface area contributed by atoms with Crippen LogP contribution in [0, 0.1) is 6.92 Å². The van der Waals surface area contributed by atoms with E-state index in [1.165, 1.54) is 18.4 Å². The Balaban J connectivity index is 1.98. The van der Waals surface area contributed by atoms with Crippen molar-refractivity contribution in [3.05, 3.63) is 63.3 Å². The van der Waals surface area contributed by atoms with Gasteiger partial charge in [-0.3, -0.25) is 4.79 Å². The van der Waals surface area contributed by atoms with E-state index < -0.39 is 11.9 Å². The molecule has 128 valence electrons. The molecule has 2 aromatic heterocycles. The van der Waals surface area contributed by atoms with Gasteiger partial charge in [0, 0.05) is 15.4 Å². The summed E-state index contributed by atoms with van der Waals surface area (Å²) < 4.78 is 11.2. The van der Waals surface area contributed by atoms with Crippen molar-refractivity contribution in [2.24, 2.45) is 0 Å². The molecular formula is C18H14BrNO4S. The molecule has 3 aromatic rings. The van der Waals surface area contributed by atoms with E-state index in [-0.39, 0.29) is 5.76 Å². The van der Waals surface area contributed by atoms with E-state index in [2.05, 4.69) is 21.2 Å². The molecule has 7 heteroatoms. The Kier molecular flexibility index (Phi) is 5.06. The van der Waals surface area contributed by atoms with Crippen molar-refractivity contribution in [2.45, 2.75) is 6.92 Å². The smallest absolute Gasteiger partial charge is 0.341 e. The number of esters is 1. The molecule has 25 heavy (non-hydrogen) atoms. The highest BCUT2D eigenvalue weighted by molar-refractivity contribution is 9.10. The van der Waals surface area contributed by atoms with Crippen LogP contribution in [0.5, 0.6) is 0 Å². The van der Waals surface area contributed by atoms with Crippen LogP contribution in [0.25, 0.3) is 11.1 Å². The molecule has 0 aliphatic heterocycles. The van der Waals surface area contributed by atoms with Gasteiger partial charge in [-0.2, -0.15) is 0 Å².